The lowest BCUT2D eigenvalue weighted by atomic mass is 9.89. The Balaban J connectivity index is 1.49. The fourth-order valence-corrected chi connectivity index (χ4v) is 5.68. The first kappa shape index (κ1) is 25.1. The van der Waals surface area contributed by atoms with Gasteiger partial charge in [-0.3, -0.25) is 14.4 Å². The maximum atomic E-state index is 13.9. The minimum atomic E-state index is -0.716. The second kappa shape index (κ2) is 10.0. The molecular weight excluding hydrogens is 464 g/mol. The molecule has 194 valence electrons. The molecule has 5 rings (SSSR count). The van der Waals surface area contributed by atoms with Crippen molar-refractivity contribution >= 4 is 28.6 Å². The number of hydrogen-bond acceptors (Lipinski definition) is 3. The van der Waals surface area contributed by atoms with Gasteiger partial charge in [0.25, 0.3) is 5.91 Å². The number of nitrogens with zero attached hydrogens (tertiary/aromatic N) is 1. The summed E-state index contributed by atoms with van der Waals surface area (Å²) in [4.78, 5) is 45.9. The Morgan fingerprint density at radius 2 is 1.81 bits per heavy atom. The van der Waals surface area contributed by atoms with E-state index in [4.69, 9.17) is 0 Å². The van der Waals surface area contributed by atoms with Crippen molar-refractivity contribution in [2.24, 2.45) is 11.8 Å². The number of carbonyl (C=O) groups is 3. The van der Waals surface area contributed by atoms with Crippen LogP contribution in [0.5, 0.6) is 0 Å². The van der Waals surface area contributed by atoms with Gasteiger partial charge in [-0.05, 0) is 41.5 Å². The van der Waals surface area contributed by atoms with Crippen LogP contribution in [-0.2, 0) is 16.0 Å². The highest BCUT2D eigenvalue weighted by molar-refractivity contribution is 6.04. The summed E-state index contributed by atoms with van der Waals surface area (Å²) in [6.07, 6.45) is 2.02. The van der Waals surface area contributed by atoms with Crippen LogP contribution in [0.2, 0.25) is 0 Å². The minimum absolute atomic E-state index is 0.0440. The van der Waals surface area contributed by atoms with Gasteiger partial charge in [0, 0.05) is 35.1 Å². The number of rotatable bonds is 8. The lowest BCUT2D eigenvalue weighted by Gasteiger charge is -2.38. The van der Waals surface area contributed by atoms with Gasteiger partial charge in [-0.15, -0.1) is 0 Å². The summed E-state index contributed by atoms with van der Waals surface area (Å²) >= 11 is 0. The van der Waals surface area contributed by atoms with Crippen molar-refractivity contribution in [1.29, 1.82) is 0 Å². The maximum absolute atomic E-state index is 13.9. The van der Waals surface area contributed by atoms with Gasteiger partial charge in [-0.25, -0.2) is 0 Å². The van der Waals surface area contributed by atoms with Gasteiger partial charge in [-0.1, -0.05) is 70.5 Å². The third-order valence-corrected chi connectivity index (χ3v) is 7.97. The molecule has 0 spiro atoms. The van der Waals surface area contributed by atoms with E-state index in [0.29, 0.717) is 24.4 Å². The molecule has 3 amide bonds. The number of carbonyl (C=O) groups excluding carboxylic acids is 3. The lowest BCUT2D eigenvalue weighted by Crippen LogP contribution is -2.58. The molecule has 2 aliphatic rings. The third kappa shape index (κ3) is 4.41. The number of H-pyrrole nitrogens is 1. The molecule has 0 fully saturated rings. The predicted molar refractivity (Wildman–Crippen MR) is 144 cm³/mol. The molecular formula is C30H36N4O3. The number of aromatic amines is 1. The number of nitrogens with one attached hydrogen (secondary N) is 3. The van der Waals surface area contributed by atoms with E-state index in [1.54, 1.807) is 4.90 Å². The van der Waals surface area contributed by atoms with E-state index in [2.05, 4.69) is 35.5 Å². The fourth-order valence-electron chi connectivity index (χ4n) is 5.68. The van der Waals surface area contributed by atoms with E-state index in [1.807, 2.05) is 56.3 Å². The molecule has 0 saturated carbocycles. The van der Waals surface area contributed by atoms with E-state index in [0.717, 1.165) is 40.6 Å². The largest absolute Gasteiger partial charge is 0.356 e. The molecule has 7 nitrogen and oxygen atoms in total. The Labute approximate surface area is 218 Å². The molecule has 0 radical (unpaired) electrons. The predicted octanol–water partition coefficient (Wildman–Crippen LogP) is 4.33. The van der Waals surface area contributed by atoms with Crippen molar-refractivity contribution in [2.75, 3.05) is 6.54 Å². The van der Waals surface area contributed by atoms with Crippen LogP contribution in [0.1, 0.15) is 73.8 Å². The Hall–Kier alpha value is -3.61. The summed E-state index contributed by atoms with van der Waals surface area (Å²) in [6, 6.07) is 13.9. The zero-order chi connectivity index (χ0) is 26.3. The average Bonchev–Trinajstić information content (AvgIpc) is 3.41. The van der Waals surface area contributed by atoms with E-state index in [-0.39, 0.29) is 29.7 Å². The van der Waals surface area contributed by atoms with Crippen LogP contribution in [0.15, 0.2) is 48.5 Å². The Bertz CT molecular complexity index is 1340. The average molecular weight is 501 g/mol. The van der Waals surface area contributed by atoms with Crippen LogP contribution in [0.25, 0.3) is 10.9 Å². The number of para-hydroxylation sites is 1. The topological polar surface area (TPSA) is 94.3 Å². The zero-order valence-corrected chi connectivity index (χ0v) is 22.0. The van der Waals surface area contributed by atoms with Crippen LogP contribution in [0.3, 0.4) is 0 Å². The molecule has 1 aromatic heterocycles. The Morgan fingerprint density at radius 3 is 2.57 bits per heavy atom. The molecule has 4 atom stereocenters. The number of hydrogen-bond donors (Lipinski definition) is 3. The lowest BCUT2D eigenvalue weighted by molar-refractivity contribution is -0.133. The molecule has 0 unspecified atom stereocenters. The van der Waals surface area contributed by atoms with Crippen molar-refractivity contribution in [3.8, 4) is 0 Å². The second-order valence-corrected chi connectivity index (χ2v) is 10.8. The summed E-state index contributed by atoms with van der Waals surface area (Å²) < 4.78 is 0. The smallest absolute Gasteiger partial charge is 0.255 e. The van der Waals surface area contributed by atoms with E-state index in [9.17, 15) is 14.4 Å². The summed E-state index contributed by atoms with van der Waals surface area (Å²) in [5, 5.41) is 7.12. The normalized spacial score (nSPS) is 19.8. The van der Waals surface area contributed by atoms with Crippen LogP contribution in [0.4, 0.5) is 0 Å². The van der Waals surface area contributed by atoms with Crippen molar-refractivity contribution in [1.82, 2.24) is 20.5 Å². The first-order chi connectivity index (χ1) is 17.8. The molecule has 0 saturated heterocycles. The van der Waals surface area contributed by atoms with Gasteiger partial charge in [0.05, 0.1) is 6.04 Å². The van der Waals surface area contributed by atoms with E-state index in [1.165, 1.54) is 0 Å². The molecule has 0 aliphatic carbocycles. The molecule has 2 aliphatic heterocycles. The van der Waals surface area contributed by atoms with Crippen LogP contribution in [-0.4, -0.2) is 46.2 Å². The van der Waals surface area contributed by atoms with Gasteiger partial charge in [0.1, 0.15) is 12.1 Å². The maximum Gasteiger partial charge on any atom is 0.255 e. The van der Waals surface area contributed by atoms with Crippen LogP contribution in [0, 0.1) is 11.8 Å². The first-order valence-corrected chi connectivity index (χ1v) is 13.4. The first-order valence-electron chi connectivity index (χ1n) is 13.4. The molecule has 3 aromatic rings. The van der Waals surface area contributed by atoms with Gasteiger partial charge in [0.15, 0.2) is 0 Å². The Morgan fingerprint density at radius 1 is 1.08 bits per heavy atom. The summed E-state index contributed by atoms with van der Waals surface area (Å²) in [7, 11) is 0. The van der Waals surface area contributed by atoms with Gasteiger partial charge >= 0.3 is 0 Å². The zero-order valence-electron chi connectivity index (χ0n) is 22.0. The summed E-state index contributed by atoms with van der Waals surface area (Å²) in [5.41, 5.74) is 4.55. The monoisotopic (exact) mass is 500 g/mol. The number of benzene rings is 2. The van der Waals surface area contributed by atoms with Crippen molar-refractivity contribution in [3.05, 3.63) is 70.9 Å². The molecule has 0 bridgehead atoms. The molecule has 7 heteroatoms. The minimum Gasteiger partial charge on any atom is -0.356 e. The van der Waals surface area contributed by atoms with Crippen molar-refractivity contribution in [2.45, 2.75) is 65.1 Å². The molecule has 3 N–H and O–H groups in total. The summed E-state index contributed by atoms with van der Waals surface area (Å²) in [6.45, 7) is 8.79. The highest BCUT2D eigenvalue weighted by Crippen LogP contribution is 2.46. The SMILES string of the molecule is CC[C@@H](C)[C@H](NC(=O)[C@@H]1Cc2c([nH]c3ccccc23)[C@H]2c3ccccc3C(=O)N21)C(=O)NCCC(C)C. The highest BCUT2D eigenvalue weighted by atomic mass is 16.2. The number of aromatic nitrogens is 1. The van der Waals surface area contributed by atoms with Gasteiger partial charge in [0.2, 0.25) is 11.8 Å². The highest BCUT2D eigenvalue weighted by Gasteiger charge is 2.49. The quantitative estimate of drug-likeness (QED) is 0.430. The molecule has 37 heavy (non-hydrogen) atoms. The van der Waals surface area contributed by atoms with Gasteiger partial charge < -0.3 is 20.5 Å². The Kier molecular flexibility index (Phi) is 6.80. The van der Waals surface area contributed by atoms with Crippen molar-refractivity contribution < 1.29 is 14.4 Å². The van der Waals surface area contributed by atoms with Gasteiger partial charge in [-0.2, -0.15) is 0 Å². The second-order valence-electron chi connectivity index (χ2n) is 10.8. The van der Waals surface area contributed by atoms with Crippen LogP contribution < -0.4 is 10.6 Å². The third-order valence-electron chi connectivity index (χ3n) is 7.97. The van der Waals surface area contributed by atoms with Crippen molar-refractivity contribution in [3.63, 3.8) is 0 Å². The number of fused-ring (bicyclic) bond motifs is 7. The van der Waals surface area contributed by atoms with E-state index >= 15 is 0 Å². The molecule has 2 aromatic carbocycles. The fraction of sp³-hybridized carbons (Fsp3) is 0.433. The standard InChI is InChI=1S/C30H36N4O3/c1-5-18(4)25(29(36)31-15-14-17(2)3)33-28(35)24-16-22-19-10-8-9-13-23(19)32-26(22)27-20-11-6-7-12-21(20)30(37)34(24)27/h6-13,17-18,24-25,27,32H,5,14-16H2,1-4H3,(H,31,36)(H,33,35)/t18-,24+,25+,27-/m1/s1. The van der Waals surface area contributed by atoms with Crippen LogP contribution >= 0.6 is 0 Å². The van der Waals surface area contributed by atoms with E-state index < -0.39 is 12.1 Å². The number of amides is 3. The summed E-state index contributed by atoms with van der Waals surface area (Å²) in [5.74, 6) is -0.167. The molecule has 3 heterocycles.